The molecule has 0 atom stereocenters. The molecule has 0 unspecified atom stereocenters. The molecular weight excluding hydrogens is 567 g/mol. The van der Waals surface area contributed by atoms with Crippen molar-refractivity contribution < 1.29 is 0 Å². The number of benzene rings is 5. The second kappa shape index (κ2) is 9.85. The van der Waals surface area contributed by atoms with Gasteiger partial charge in [-0.15, -0.1) is 11.3 Å². The summed E-state index contributed by atoms with van der Waals surface area (Å²) in [5.41, 5.74) is 11.4. The summed E-state index contributed by atoms with van der Waals surface area (Å²) in [5.74, 6) is 0.726. The standard InChI is InChI=1S/C41H29N3S/c1-41(2)32-21-12-20-31-30-19-9-10-22-36(30)44(38(31)32)40-33(41)24-37(45-40)28-17-11-18-29(23-28)39-42-34(26-13-5-3-6-14-26)25-35(43-39)27-15-7-4-8-16-27/h3-25H,1-2H3. The topological polar surface area (TPSA) is 30.7 Å². The van der Waals surface area contributed by atoms with Gasteiger partial charge < -0.3 is 4.57 Å². The highest BCUT2D eigenvalue weighted by atomic mass is 32.1. The lowest BCUT2D eigenvalue weighted by Crippen LogP contribution is -2.24. The average molecular weight is 596 g/mol. The Morgan fingerprint density at radius 1 is 0.533 bits per heavy atom. The number of aromatic nitrogens is 3. The van der Waals surface area contributed by atoms with Crippen LogP contribution >= 0.6 is 11.3 Å². The van der Waals surface area contributed by atoms with Crippen LogP contribution in [0, 0.1) is 0 Å². The Bertz CT molecular complexity index is 2340. The number of hydrogen-bond donors (Lipinski definition) is 0. The smallest absolute Gasteiger partial charge is 0.160 e. The first-order valence-electron chi connectivity index (χ1n) is 15.3. The summed E-state index contributed by atoms with van der Waals surface area (Å²) in [5, 5.41) is 3.93. The average Bonchev–Trinajstić information content (AvgIpc) is 3.69. The number of thiophene rings is 1. The second-order valence-corrected chi connectivity index (χ2v) is 13.3. The molecule has 214 valence electrons. The molecule has 4 heterocycles. The minimum absolute atomic E-state index is 0.122. The summed E-state index contributed by atoms with van der Waals surface area (Å²) in [7, 11) is 0. The van der Waals surface area contributed by atoms with E-state index in [4.69, 9.17) is 9.97 Å². The maximum absolute atomic E-state index is 5.09. The van der Waals surface area contributed by atoms with Crippen LogP contribution in [0.1, 0.15) is 25.0 Å². The highest BCUT2D eigenvalue weighted by Crippen LogP contribution is 2.51. The summed E-state index contributed by atoms with van der Waals surface area (Å²) < 4.78 is 2.50. The third kappa shape index (κ3) is 4.03. The van der Waals surface area contributed by atoms with Gasteiger partial charge in [-0.1, -0.05) is 129 Å². The molecule has 0 aliphatic carbocycles. The van der Waals surface area contributed by atoms with E-state index in [1.54, 1.807) is 0 Å². The van der Waals surface area contributed by atoms with Gasteiger partial charge in [0.05, 0.1) is 22.4 Å². The van der Waals surface area contributed by atoms with E-state index in [-0.39, 0.29) is 5.41 Å². The first-order chi connectivity index (χ1) is 22.1. The highest BCUT2D eigenvalue weighted by Gasteiger charge is 2.36. The van der Waals surface area contributed by atoms with Crippen LogP contribution in [-0.4, -0.2) is 14.5 Å². The molecule has 5 aromatic carbocycles. The fourth-order valence-corrected chi connectivity index (χ4v) is 8.25. The summed E-state index contributed by atoms with van der Waals surface area (Å²) in [6, 6.07) is 49.5. The Morgan fingerprint density at radius 3 is 1.87 bits per heavy atom. The molecule has 1 aliphatic rings. The maximum atomic E-state index is 5.09. The van der Waals surface area contributed by atoms with E-state index in [0.717, 1.165) is 33.9 Å². The Morgan fingerprint density at radius 2 is 1.13 bits per heavy atom. The summed E-state index contributed by atoms with van der Waals surface area (Å²) >= 11 is 1.87. The first-order valence-corrected chi connectivity index (χ1v) is 16.2. The third-order valence-corrected chi connectivity index (χ3v) is 10.4. The Balaban J connectivity index is 1.21. The van der Waals surface area contributed by atoms with Crippen LogP contribution in [0.25, 0.3) is 71.2 Å². The summed E-state index contributed by atoms with van der Waals surface area (Å²) in [6.07, 6.45) is 0. The Labute approximate surface area is 266 Å². The van der Waals surface area contributed by atoms with Crippen LogP contribution in [0.2, 0.25) is 0 Å². The zero-order valence-corrected chi connectivity index (χ0v) is 25.8. The highest BCUT2D eigenvalue weighted by molar-refractivity contribution is 7.18. The van der Waals surface area contributed by atoms with Gasteiger partial charge in [0.1, 0.15) is 5.00 Å². The lowest BCUT2D eigenvalue weighted by Gasteiger charge is -2.32. The summed E-state index contributed by atoms with van der Waals surface area (Å²) in [4.78, 5) is 11.4. The molecule has 0 N–H and O–H groups in total. The molecule has 0 radical (unpaired) electrons. The van der Waals surface area contributed by atoms with Crippen LogP contribution in [0.3, 0.4) is 0 Å². The van der Waals surface area contributed by atoms with Gasteiger partial charge in [-0.2, -0.15) is 0 Å². The molecule has 0 saturated carbocycles. The van der Waals surface area contributed by atoms with Gasteiger partial charge in [-0.05, 0) is 41.0 Å². The molecule has 0 fully saturated rings. The minimum atomic E-state index is -0.122. The van der Waals surface area contributed by atoms with Gasteiger partial charge in [0.15, 0.2) is 5.82 Å². The monoisotopic (exact) mass is 595 g/mol. The Kier molecular flexibility index (Phi) is 5.71. The van der Waals surface area contributed by atoms with Gasteiger partial charge in [-0.3, -0.25) is 0 Å². The van der Waals surface area contributed by atoms with Crippen molar-refractivity contribution in [3.63, 3.8) is 0 Å². The van der Waals surface area contributed by atoms with Crippen molar-refractivity contribution in [1.29, 1.82) is 0 Å². The van der Waals surface area contributed by atoms with E-state index >= 15 is 0 Å². The van der Waals surface area contributed by atoms with Crippen LogP contribution in [0.15, 0.2) is 140 Å². The molecule has 3 nitrogen and oxygen atoms in total. The van der Waals surface area contributed by atoms with Gasteiger partial charge in [0.25, 0.3) is 0 Å². The molecule has 1 aliphatic heterocycles. The van der Waals surface area contributed by atoms with Crippen LogP contribution in [0.5, 0.6) is 0 Å². The van der Waals surface area contributed by atoms with Crippen molar-refractivity contribution in [3.05, 3.63) is 151 Å². The lowest BCUT2D eigenvalue weighted by atomic mass is 9.76. The molecule has 0 saturated heterocycles. The van der Waals surface area contributed by atoms with Crippen molar-refractivity contribution in [2.24, 2.45) is 0 Å². The van der Waals surface area contributed by atoms with Crippen LogP contribution in [-0.2, 0) is 5.41 Å². The van der Waals surface area contributed by atoms with Crippen LogP contribution in [0.4, 0.5) is 0 Å². The zero-order chi connectivity index (χ0) is 30.1. The van der Waals surface area contributed by atoms with Crippen molar-refractivity contribution in [3.8, 4) is 49.3 Å². The number of fused-ring (bicyclic) bond motifs is 5. The molecule has 8 aromatic rings. The number of para-hydroxylation sites is 2. The number of nitrogens with zero attached hydrogens (tertiary/aromatic N) is 3. The molecule has 4 heteroatoms. The normalized spacial score (nSPS) is 13.3. The zero-order valence-electron chi connectivity index (χ0n) is 25.0. The summed E-state index contributed by atoms with van der Waals surface area (Å²) in [6.45, 7) is 4.73. The fourth-order valence-electron chi connectivity index (χ4n) is 6.92. The van der Waals surface area contributed by atoms with Gasteiger partial charge in [-0.25, -0.2) is 9.97 Å². The first kappa shape index (κ1) is 26.1. The van der Waals surface area contributed by atoms with Crippen molar-refractivity contribution in [2.75, 3.05) is 0 Å². The van der Waals surface area contributed by atoms with Crippen molar-refractivity contribution in [2.45, 2.75) is 19.3 Å². The Hall–Kier alpha value is -5.32. The molecule has 0 bridgehead atoms. The molecule has 0 spiro atoms. The predicted octanol–water partition coefficient (Wildman–Crippen LogP) is 10.9. The van der Waals surface area contributed by atoms with E-state index < -0.39 is 0 Å². The molecule has 3 aromatic heterocycles. The third-order valence-electron chi connectivity index (χ3n) is 9.23. The molecule has 45 heavy (non-hydrogen) atoms. The van der Waals surface area contributed by atoms with Gasteiger partial charge in [0.2, 0.25) is 0 Å². The van der Waals surface area contributed by atoms with E-state index in [2.05, 4.69) is 146 Å². The quantitative estimate of drug-likeness (QED) is 0.203. The molecule has 0 amide bonds. The van der Waals surface area contributed by atoms with Crippen molar-refractivity contribution >= 4 is 33.1 Å². The predicted molar refractivity (Wildman–Crippen MR) is 188 cm³/mol. The molecular formula is C41H29N3S. The van der Waals surface area contributed by atoms with E-state index in [1.807, 2.05) is 23.5 Å². The van der Waals surface area contributed by atoms with Crippen LogP contribution < -0.4 is 0 Å². The maximum Gasteiger partial charge on any atom is 0.160 e. The van der Waals surface area contributed by atoms with E-state index in [0.29, 0.717) is 0 Å². The number of rotatable bonds is 4. The lowest BCUT2D eigenvalue weighted by molar-refractivity contribution is 0.635. The minimum Gasteiger partial charge on any atom is -0.300 e. The second-order valence-electron chi connectivity index (χ2n) is 12.3. The fraction of sp³-hybridized carbons (Fsp3) is 0.0732. The molecule has 9 rings (SSSR count). The number of hydrogen-bond acceptors (Lipinski definition) is 3. The van der Waals surface area contributed by atoms with E-state index in [1.165, 1.54) is 48.4 Å². The van der Waals surface area contributed by atoms with Gasteiger partial charge in [0, 0.05) is 37.8 Å². The SMILES string of the molecule is CC1(C)c2cc(-c3cccc(-c4nc(-c5ccccc5)cc(-c5ccccc5)n4)c3)sc2-n2c3ccccc3c3cccc1c32. The largest absolute Gasteiger partial charge is 0.300 e. The van der Waals surface area contributed by atoms with Gasteiger partial charge >= 0.3 is 0 Å². The van der Waals surface area contributed by atoms with E-state index in [9.17, 15) is 0 Å². The van der Waals surface area contributed by atoms with Crippen molar-refractivity contribution in [1.82, 2.24) is 14.5 Å².